The number of hydrogen-bond donors (Lipinski definition) is 2. The summed E-state index contributed by atoms with van der Waals surface area (Å²) in [5.41, 5.74) is 1.12. The molecular weight excluding hydrogens is 303 g/mol. The van der Waals surface area contributed by atoms with Gasteiger partial charge in [-0.15, -0.1) is 0 Å². The Balaban J connectivity index is 1.57. The predicted octanol–water partition coefficient (Wildman–Crippen LogP) is 2.66. The molecule has 1 atom stereocenters. The van der Waals surface area contributed by atoms with Gasteiger partial charge in [0.1, 0.15) is 5.82 Å². The lowest BCUT2D eigenvalue weighted by atomic mass is 10.0. The highest BCUT2D eigenvalue weighted by atomic mass is 19.1. The van der Waals surface area contributed by atoms with Gasteiger partial charge in [-0.05, 0) is 62.4 Å². The summed E-state index contributed by atoms with van der Waals surface area (Å²) in [7, 11) is 1.79. The molecule has 1 aromatic rings. The molecule has 1 heterocycles. The van der Waals surface area contributed by atoms with Crippen LogP contribution < -0.4 is 10.6 Å². The quantitative estimate of drug-likeness (QED) is 0.457. The Morgan fingerprint density at radius 1 is 1.25 bits per heavy atom. The molecule has 0 bridgehead atoms. The molecule has 5 heteroatoms. The molecule has 0 amide bonds. The third-order valence-corrected chi connectivity index (χ3v) is 4.53. The number of aliphatic imine (C=N–C) groups is 1. The summed E-state index contributed by atoms with van der Waals surface area (Å²) in [6.45, 7) is 7.71. The molecule has 134 valence electrons. The summed E-state index contributed by atoms with van der Waals surface area (Å²) in [4.78, 5) is 6.82. The molecule has 0 saturated carbocycles. The molecule has 2 N–H and O–H groups in total. The zero-order valence-corrected chi connectivity index (χ0v) is 15.0. The van der Waals surface area contributed by atoms with E-state index in [1.165, 1.54) is 38.1 Å². The van der Waals surface area contributed by atoms with Crippen molar-refractivity contribution in [2.75, 3.05) is 39.8 Å². The largest absolute Gasteiger partial charge is 0.356 e. The van der Waals surface area contributed by atoms with Crippen LogP contribution >= 0.6 is 0 Å². The van der Waals surface area contributed by atoms with E-state index < -0.39 is 0 Å². The van der Waals surface area contributed by atoms with E-state index in [1.54, 1.807) is 7.05 Å². The van der Waals surface area contributed by atoms with E-state index >= 15 is 0 Å². The minimum absolute atomic E-state index is 0.188. The van der Waals surface area contributed by atoms with Crippen molar-refractivity contribution in [3.8, 4) is 0 Å². The standard InChI is InChI=1S/C19H31FN4/c1-16-5-3-13-24(15-16)14-4-11-22-19(21-2)23-12-10-17-6-8-18(20)9-7-17/h6-9,16H,3-5,10-15H2,1-2H3,(H2,21,22,23). The van der Waals surface area contributed by atoms with Crippen molar-refractivity contribution in [1.29, 1.82) is 0 Å². The Labute approximate surface area is 145 Å². The zero-order valence-electron chi connectivity index (χ0n) is 15.0. The summed E-state index contributed by atoms with van der Waals surface area (Å²) in [6, 6.07) is 6.66. The van der Waals surface area contributed by atoms with Crippen LogP contribution in [0.4, 0.5) is 4.39 Å². The molecule has 0 spiro atoms. The van der Waals surface area contributed by atoms with Crippen molar-refractivity contribution in [2.45, 2.75) is 32.6 Å². The van der Waals surface area contributed by atoms with Crippen LogP contribution in [0.3, 0.4) is 0 Å². The molecule has 0 aromatic heterocycles. The Hall–Kier alpha value is -1.62. The lowest BCUT2D eigenvalue weighted by Crippen LogP contribution is -2.40. The molecule has 4 nitrogen and oxygen atoms in total. The second-order valence-corrected chi connectivity index (χ2v) is 6.70. The number of nitrogens with one attached hydrogen (secondary N) is 2. The molecule has 1 aliphatic rings. The fraction of sp³-hybridized carbons (Fsp3) is 0.632. The first-order valence-corrected chi connectivity index (χ1v) is 9.08. The first-order chi connectivity index (χ1) is 11.7. The third-order valence-electron chi connectivity index (χ3n) is 4.53. The van der Waals surface area contributed by atoms with Crippen LogP contribution in [0.15, 0.2) is 29.3 Å². The van der Waals surface area contributed by atoms with Crippen LogP contribution in [0.2, 0.25) is 0 Å². The number of nitrogens with zero attached hydrogens (tertiary/aromatic N) is 2. The van der Waals surface area contributed by atoms with Gasteiger partial charge in [0.2, 0.25) is 0 Å². The van der Waals surface area contributed by atoms with Gasteiger partial charge >= 0.3 is 0 Å². The predicted molar refractivity (Wildman–Crippen MR) is 98.9 cm³/mol. The smallest absolute Gasteiger partial charge is 0.190 e. The molecule has 1 fully saturated rings. The maximum absolute atomic E-state index is 12.9. The van der Waals surface area contributed by atoms with Crippen LogP contribution in [0.25, 0.3) is 0 Å². The van der Waals surface area contributed by atoms with Gasteiger partial charge in [-0.2, -0.15) is 0 Å². The maximum Gasteiger partial charge on any atom is 0.190 e. The van der Waals surface area contributed by atoms with E-state index in [-0.39, 0.29) is 5.82 Å². The summed E-state index contributed by atoms with van der Waals surface area (Å²) in [5, 5.41) is 6.68. The van der Waals surface area contributed by atoms with Gasteiger partial charge in [0.05, 0.1) is 0 Å². The normalized spacial score (nSPS) is 19.3. The SMILES string of the molecule is CN=C(NCCCN1CCCC(C)C1)NCCc1ccc(F)cc1. The van der Waals surface area contributed by atoms with Gasteiger partial charge in [-0.3, -0.25) is 4.99 Å². The summed E-state index contributed by atoms with van der Waals surface area (Å²) in [5.74, 6) is 1.49. The van der Waals surface area contributed by atoms with Crippen LogP contribution in [0, 0.1) is 11.7 Å². The van der Waals surface area contributed by atoms with Crippen molar-refractivity contribution < 1.29 is 4.39 Å². The Bertz CT molecular complexity index is 501. The first-order valence-electron chi connectivity index (χ1n) is 9.08. The zero-order chi connectivity index (χ0) is 17.2. The van der Waals surface area contributed by atoms with Crippen LogP contribution in [-0.2, 0) is 6.42 Å². The molecule has 0 aliphatic carbocycles. The average Bonchev–Trinajstić information content (AvgIpc) is 2.59. The van der Waals surface area contributed by atoms with E-state index in [9.17, 15) is 4.39 Å². The summed E-state index contributed by atoms with van der Waals surface area (Å²) >= 11 is 0. The van der Waals surface area contributed by atoms with Gasteiger partial charge in [-0.1, -0.05) is 19.1 Å². The van der Waals surface area contributed by atoms with Crippen molar-refractivity contribution >= 4 is 5.96 Å². The van der Waals surface area contributed by atoms with Gasteiger partial charge in [-0.25, -0.2) is 4.39 Å². The van der Waals surface area contributed by atoms with E-state index in [1.807, 2.05) is 12.1 Å². The highest BCUT2D eigenvalue weighted by Crippen LogP contribution is 2.15. The van der Waals surface area contributed by atoms with E-state index in [0.717, 1.165) is 49.9 Å². The first kappa shape index (κ1) is 18.7. The monoisotopic (exact) mass is 334 g/mol. The number of halogens is 1. The number of hydrogen-bond acceptors (Lipinski definition) is 2. The number of benzene rings is 1. The number of guanidine groups is 1. The van der Waals surface area contributed by atoms with Gasteiger partial charge in [0.15, 0.2) is 5.96 Å². The van der Waals surface area contributed by atoms with Crippen molar-refractivity contribution in [1.82, 2.24) is 15.5 Å². The average molecular weight is 334 g/mol. The van der Waals surface area contributed by atoms with Crippen molar-refractivity contribution in [3.05, 3.63) is 35.6 Å². The minimum Gasteiger partial charge on any atom is -0.356 e. The highest BCUT2D eigenvalue weighted by Gasteiger charge is 2.15. The third kappa shape index (κ3) is 6.87. The summed E-state index contributed by atoms with van der Waals surface area (Å²) in [6.07, 6.45) is 4.69. The molecule has 1 saturated heterocycles. The lowest BCUT2D eigenvalue weighted by molar-refractivity contribution is 0.182. The lowest BCUT2D eigenvalue weighted by Gasteiger charge is -2.30. The number of piperidine rings is 1. The molecule has 1 aliphatic heterocycles. The number of rotatable bonds is 7. The van der Waals surface area contributed by atoms with Crippen LogP contribution in [0.1, 0.15) is 31.7 Å². The van der Waals surface area contributed by atoms with Gasteiger partial charge < -0.3 is 15.5 Å². The molecule has 2 rings (SSSR count). The fourth-order valence-electron chi connectivity index (χ4n) is 3.20. The highest BCUT2D eigenvalue weighted by molar-refractivity contribution is 5.79. The minimum atomic E-state index is -0.188. The van der Waals surface area contributed by atoms with E-state index in [2.05, 4.69) is 27.4 Å². The Morgan fingerprint density at radius 3 is 2.71 bits per heavy atom. The maximum atomic E-state index is 12.9. The van der Waals surface area contributed by atoms with E-state index in [4.69, 9.17) is 0 Å². The Morgan fingerprint density at radius 2 is 2.00 bits per heavy atom. The van der Waals surface area contributed by atoms with Crippen LogP contribution in [0.5, 0.6) is 0 Å². The van der Waals surface area contributed by atoms with Gasteiger partial charge in [0.25, 0.3) is 0 Å². The molecule has 1 aromatic carbocycles. The van der Waals surface area contributed by atoms with Crippen LogP contribution in [-0.4, -0.2) is 50.6 Å². The molecule has 0 radical (unpaired) electrons. The second-order valence-electron chi connectivity index (χ2n) is 6.70. The fourth-order valence-corrected chi connectivity index (χ4v) is 3.20. The molecule has 24 heavy (non-hydrogen) atoms. The molecule has 1 unspecified atom stereocenters. The van der Waals surface area contributed by atoms with E-state index in [0.29, 0.717) is 0 Å². The summed E-state index contributed by atoms with van der Waals surface area (Å²) < 4.78 is 12.9. The van der Waals surface area contributed by atoms with Gasteiger partial charge in [0, 0.05) is 26.7 Å². The Kier molecular flexibility index (Phi) is 8.02. The topological polar surface area (TPSA) is 39.7 Å². The van der Waals surface area contributed by atoms with Crippen molar-refractivity contribution in [3.63, 3.8) is 0 Å². The molecular formula is C19H31FN4. The second kappa shape index (κ2) is 10.3. The number of likely N-dealkylation sites (tertiary alicyclic amines) is 1. The van der Waals surface area contributed by atoms with Crippen molar-refractivity contribution in [2.24, 2.45) is 10.9 Å².